The van der Waals surface area contributed by atoms with E-state index in [1.165, 1.54) is 0 Å². The summed E-state index contributed by atoms with van der Waals surface area (Å²) in [7, 11) is 0. The Morgan fingerprint density at radius 2 is 1.56 bits per heavy atom. The van der Waals surface area contributed by atoms with E-state index in [4.69, 9.17) is 34.8 Å². The molecule has 0 bridgehead atoms. The number of hydrogen-bond donors (Lipinski definition) is 1. The summed E-state index contributed by atoms with van der Waals surface area (Å²) in [6, 6.07) is 11.0. The van der Waals surface area contributed by atoms with Gasteiger partial charge in [-0.3, -0.25) is 0 Å². The van der Waals surface area contributed by atoms with Crippen LogP contribution >= 0.6 is 50.7 Å². The smallest absolute Gasteiger partial charge is 0.0502 e. The van der Waals surface area contributed by atoms with E-state index < -0.39 is 0 Å². The Balaban J connectivity index is 2.13. The van der Waals surface area contributed by atoms with Crippen molar-refractivity contribution in [2.45, 2.75) is 6.54 Å². The van der Waals surface area contributed by atoms with Crippen molar-refractivity contribution in [3.8, 4) is 0 Å². The average molecular weight is 365 g/mol. The molecule has 0 radical (unpaired) electrons. The molecule has 0 aliphatic carbocycles. The maximum absolute atomic E-state index is 5.95. The van der Waals surface area contributed by atoms with Gasteiger partial charge < -0.3 is 5.32 Å². The fourth-order valence-corrected chi connectivity index (χ4v) is 2.67. The van der Waals surface area contributed by atoms with E-state index in [0.717, 1.165) is 15.7 Å². The second-order valence-corrected chi connectivity index (χ2v) is 5.92. The Morgan fingerprint density at radius 3 is 2.22 bits per heavy atom. The van der Waals surface area contributed by atoms with Crippen LogP contribution in [0.15, 0.2) is 40.9 Å². The molecule has 1 nitrogen and oxygen atoms in total. The van der Waals surface area contributed by atoms with Crippen LogP contribution in [-0.2, 0) is 6.54 Å². The molecule has 2 rings (SSSR count). The number of nitrogens with one attached hydrogen (secondary N) is 1. The summed E-state index contributed by atoms with van der Waals surface area (Å²) >= 11 is 21.3. The Labute approximate surface area is 129 Å². The molecule has 0 amide bonds. The lowest BCUT2D eigenvalue weighted by Crippen LogP contribution is -2.00. The van der Waals surface area contributed by atoms with Crippen LogP contribution < -0.4 is 5.32 Å². The van der Waals surface area contributed by atoms with Crippen LogP contribution in [0, 0.1) is 0 Å². The highest BCUT2D eigenvalue weighted by molar-refractivity contribution is 9.10. The molecule has 0 heterocycles. The molecule has 2 aromatic carbocycles. The molecule has 0 fully saturated rings. The van der Waals surface area contributed by atoms with E-state index in [0.29, 0.717) is 21.6 Å². The van der Waals surface area contributed by atoms with Crippen molar-refractivity contribution in [3.63, 3.8) is 0 Å². The predicted molar refractivity (Wildman–Crippen MR) is 82.9 cm³/mol. The summed E-state index contributed by atoms with van der Waals surface area (Å²) in [5.41, 5.74) is 1.94. The number of anilines is 1. The Kier molecular flexibility index (Phi) is 4.79. The molecule has 5 heteroatoms. The molecule has 1 N–H and O–H groups in total. The minimum Gasteiger partial charge on any atom is -0.380 e. The third-order valence-corrected chi connectivity index (χ3v) is 3.70. The molecule has 0 unspecified atom stereocenters. The first kappa shape index (κ1) is 14.0. The van der Waals surface area contributed by atoms with Gasteiger partial charge in [-0.05, 0) is 57.9 Å². The Hall–Kier alpha value is -0.410. The fourth-order valence-electron chi connectivity index (χ4n) is 1.54. The van der Waals surface area contributed by atoms with Crippen molar-refractivity contribution < 1.29 is 0 Å². The lowest BCUT2D eigenvalue weighted by molar-refractivity contribution is 1.15. The number of rotatable bonds is 3. The molecular formula is C13H9BrCl3N. The minimum absolute atomic E-state index is 0.624. The van der Waals surface area contributed by atoms with E-state index in [2.05, 4.69) is 21.2 Å². The molecule has 0 aliphatic heterocycles. The van der Waals surface area contributed by atoms with Crippen molar-refractivity contribution in [1.82, 2.24) is 0 Å². The first-order valence-electron chi connectivity index (χ1n) is 5.18. The van der Waals surface area contributed by atoms with Gasteiger partial charge in [0.1, 0.15) is 0 Å². The molecule has 0 aromatic heterocycles. The van der Waals surface area contributed by atoms with Gasteiger partial charge in [-0.2, -0.15) is 0 Å². The third-order valence-electron chi connectivity index (χ3n) is 2.33. The zero-order valence-electron chi connectivity index (χ0n) is 9.18. The van der Waals surface area contributed by atoms with Gasteiger partial charge in [0.2, 0.25) is 0 Å². The van der Waals surface area contributed by atoms with Crippen molar-refractivity contribution in [3.05, 3.63) is 61.5 Å². The lowest BCUT2D eigenvalue weighted by Gasteiger charge is -2.09. The third kappa shape index (κ3) is 3.79. The molecule has 18 heavy (non-hydrogen) atoms. The van der Waals surface area contributed by atoms with Gasteiger partial charge >= 0.3 is 0 Å². The molecule has 0 atom stereocenters. The maximum Gasteiger partial charge on any atom is 0.0502 e. The van der Waals surface area contributed by atoms with E-state index in [1.807, 2.05) is 30.3 Å². The van der Waals surface area contributed by atoms with E-state index in [9.17, 15) is 0 Å². The molecule has 0 saturated carbocycles. The standard InChI is InChI=1S/C13H9BrCl3N/c14-12-2-1-9(15)6-13(12)18-7-8-3-10(16)5-11(17)4-8/h1-6,18H,7H2. The van der Waals surface area contributed by atoms with Gasteiger partial charge in [0, 0.05) is 26.1 Å². The molecule has 2 aromatic rings. The fraction of sp³-hybridized carbons (Fsp3) is 0.0769. The van der Waals surface area contributed by atoms with Gasteiger partial charge in [0.15, 0.2) is 0 Å². The van der Waals surface area contributed by atoms with E-state index >= 15 is 0 Å². The number of halogens is 4. The molecule has 94 valence electrons. The quantitative estimate of drug-likeness (QED) is 0.701. The van der Waals surface area contributed by atoms with Gasteiger partial charge in [-0.15, -0.1) is 0 Å². The average Bonchev–Trinajstić information content (AvgIpc) is 2.29. The highest BCUT2D eigenvalue weighted by Gasteiger charge is 2.02. The van der Waals surface area contributed by atoms with Crippen LogP contribution in [-0.4, -0.2) is 0 Å². The maximum atomic E-state index is 5.95. The summed E-state index contributed by atoms with van der Waals surface area (Å²) in [5, 5.41) is 5.22. The van der Waals surface area contributed by atoms with Crippen molar-refractivity contribution in [2.75, 3.05) is 5.32 Å². The number of benzene rings is 2. The van der Waals surface area contributed by atoms with Crippen molar-refractivity contribution in [2.24, 2.45) is 0 Å². The summed E-state index contributed by atoms with van der Waals surface area (Å²) in [6.07, 6.45) is 0. The monoisotopic (exact) mass is 363 g/mol. The largest absolute Gasteiger partial charge is 0.380 e. The minimum atomic E-state index is 0.624. The second-order valence-electron chi connectivity index (χ2n) is 3.76. The zero-order chi connectivity index (χ0) is 13.1. The predicted octanol–water partition coefficient (Wildman–Crippen LogP) is 6.02. The van der Waals surface area contributed by atoms with Crippen LogP contribution in [0.4, 0.5) is 5.69 Å². The molecule has 0 aliphatic rings. The van der Waals surface area contributed by atoms with Crippen molar-refractivity contribution >= 4 is 56.4 Å². The van der Waals surface area contributed by atoms with Crippen LogP contribution in [0.5, 0.6) is 0 Å². The Morgan fingerprint density at radius 1 is 0.889 bits per heavy atom. The first-order valence-corrected chi connectivity index (χ1v) is 7.11. The second kappa shape index (κ2) is 6.16. The van der Waals surface area contributed by atoms with Crippen LogP contribution in [0.3, 0.4) is 0 Å². The van der Waals surface area contributed by atoms with Gasteiger partial charge in [0.05, 0.1) is 5.69 Å². The van der Waals surface area contributed by atoms with Crippen LogP contribution in [0.2, 0.25) is 15.1 Å². The van der Waals surface area contributed by atoms with Gasteiger partial charge in [0.25, 0.3) is 0 Å². The molecular weight excluding hydrogens is 356 g/mol. The van der Waals surface area contributed by atoms with Gasteiger partial charge in [-0.1, -0.05) is 34.8 Å². The topological polar surface area (TPSA) is 12.0 Å². The number of hydrogen-bond acceptors (Lipinski definition) is 1. The summed E-state index contributed by atoms with van der Waals surface area (Å²) in [4.78, 5) is 0. The molecule has 0 saturated heterocycles. The zero-order valence-corrected chi connectivity index (χ0v) is 13.0. The highest BCUT2D eigenvalue weighted by atomic mass is 79.9. The first-order chi connectivity index (χ1) is 8.54. The SMILES string of the molecule is Clc1cc(Cl)cc(CNc2cc(Cl)ccc2Br)c1. The summed E-state index contributed by atoms with van der Waals surface area (Å²) in [6.45, 7) is 0.624. The highest BCUT2D eigenvalue weighted by Crippen LogP contribution is 2.27. The van der Waals surface area contributed by atoms with Gasteiger partial charge in [-0.25, -0.2) is 0 Å². The Bertz CT molecular complexity index is 552. The van der Waals surface area contributed by atoms with E-state index in [-0.39, 0.29) is 0 Å². The van der Waals surface area contributed by atoms with Crippen molar-refractivity contribution in [1.29, 1.82) is 0 Å². The molecule has 0 spiro atoms. The summed E-state index contributed by atoms with van der Waals surface area (Å²) < 4.78 is 0.958. The van der Waals surface area contributed by atoms with Crippen LogP contribution in [0.1, 0.15) is 5.56 Å². The lowest BCUT2D eigenvalue weighted by atomic mass is 10.2. The van der Waals surface area contributed by atoms with Crippen LogP contribution in [0.25, 0.3) is 0 Å². The summed E-state index contributed by atoms with van der Waals surface area (Å²) in [5.74, 6) is 0. The van der Waals surface area contributed by atoms with E-state index in [1.54, 1.807) is 6.07 Å². The normalized spacial score (nSPS) is 10.4.